The van der Waals surface area contributed by atoms with E-state index < -0.39 is 0 Å². The highest BCUT2D eigenvalue weighted by Gasteiger charge is 1.98. The van der Waals surface area contributed by atoms with Crippen molar-refractivity contribution in [3.8, 4) is 0 Å². The maximum Gasteiger partial charge on any atom is 0.158 e. The van der Waals surface area contributed by atoms with E-state index in [1.165, 1.54) is 0 Å². The number of hydrogen-bond acceptors (Lipinski definition) is 2. The van der Waals surface area contributed by atoms with Crippen molar-refractivity contribution in [1.29, 1.82) is 0 Å². The van der Waals surface area contributed by atoms with Gasteiger partial charge in [-0.05, 0) is 18.6 Å². The van der Waals surface area contributed by atoms with Gasteiger partial charge in [-0.3, -0.25) is 0 Å². The number of halogens is 1. The molecule has 0 amide bonds. The Kier molecular flexibility index (Phi) is 3.32. The summed E-state index contributed by atoms with van der Waals surface area (Å²) in [5.74, 6) is 0. The summed E-state index contributed by atoms with van der Waals surface area (Å²) in [5, 5.41) is 8.16. The van der Waals surface area contributed by atoms with Gasteiger partial charge in [0.25, 0.3) is 0 Å². The molecule has 3 heteroatoms. The lowest BCUT2D eigenvalue weighted by Gasteiger charge is -1.97. The Bertz CT molecular complexity index is 507. The third-order valence-corrected chi connectivity index (χ3v) is 2.45. The standard InChI is InChI=1S/C13H11ClN2/c1-10-9-12(13(14)16-15-10)8-7-11-5-3-2-4-6-11/h2-9H,1H3. The van der Waals surface area contributed by atoms with Gasteiger partial charge in [0.05, 0.1) is 5.69 Å². The second-order valence-corrected chi connectivity index (χ2v) is 3.83. The Hall–Kier alpha value is -1.67. The second-order valence-electron chi connectivity index (χ2n) is 3.48. The zero-order chi connectivity index (χ0) is 11.4. The molecule has 2 rings (SSSR count). The fraction of sp³-hybridized carbons (Fsp3) is 0.0769. The zero-order valence-electron chi connectivity index (χ0n) is 8.89. The van der Waals surface area contributed by atoms with Crippen LogP contribution in [0.25, 0.3) is 12.2 Å². The van der Waals surface area contributed by atoms with Crippen LogP contribution in [0.15, 0.2) is 36.4 Å². The molecule has 0 bridgehead atoms. The normalized spacial score (nSPS) is 10.9. The molecule has 0 radical (unpaired) electrons. The summed E-state index contributed by atoms with van der Waals surface area (Å²) in [7, 11) is 0. The van der Waals surface area contributed by atoms with E-state index in [1.807, 2.05) is 55.5 Å². The van der Waals surface area contributed by atoms with Crippen LogP contribution >= 0.6 is 11.6 Å². The quantitative estimate of drug-likeness (QED) is 0.788. The van der Waals surface area contributed by atoms with Crippen molar-refractivity contribution in [2.45, 2.75) is 6.92 Å². The maximum absolute atomic E-state index is 5.94. The first-order valence-corrected chi connectivity index (χ1v) is 5.36. The molecule has 1 aromatic heterocycles. The summed E-state index contributed by atoms with van der Waals surface area (Å²) in [6.07, 6.45) is 3.95. The van der Waals surface area contributed by atoms with Crippen molar-refractivity contribution in [2.24, 2.45) is 0 Å². The smallest absolute Gasteiger partial charge is 0.154 e. The monoisotopic (exact) mass is 230 g/mol. The van der Waals surface area contributed by atoms with Crippen LogP contribution in [-0.4, -0.2) is 10.2 Å². The summed E-state index contributed by atoms with van der Waals surface area (Å²) in [6, 6.07) is 12.0. The topological polar surface area (TPSA) is 25.8 Å². The molecule has 0 saturated heterocycles. The molecule has 0 atom stereocenters. The van der Waals surface area contributed by atoms with Crippen molar-refractivity contribution < 1.29 is 0 Å². The van der Waals surface area contributed by atoms with Gasteiger partial charge in [0, 0.05) is 5.56 Å². The fourth-order valence-corrected chi connectivity index (χ4v) is 1.52. The van der Waals surface area contributed by atoms with E-state index >= 15 is 0 Å². The lowest BCUT2D eigenvalue weighted by molar-refractivity contribution is 0.977. The number of aromatic nitrogens is 2. The van der Waals surface area contributed by atoms with E-state index in [2.05, 4.69) is 10.2 Å². The SMILES string of the molecule is Cc1cc(C=Cc2ccccc2)c(Cl)nn1. The molecule has 80 valence electrons. The van der Waals surface area contributed by atoms with Crippen LogP contribution in [0.5, 0.6) is 0 Å². The van der Waals surface area contributed by atoms with E-state index in [0.717, 1.165) is 16.8 Å². The van der Waals surface area contributed by atoms with Crippen LogP contribution in [0.2, 0.25) is 5.15 Å². The minimum absolute atomic E-state index is 0.429. The van der Waals surface area contributed by atoms with Crippen LogP contribution in [0.3, 0.4) is 0 Å². The van der Waals surface area contributed by atoms with E-state index in [-0.39, 0.29) is 0 Å². The first-order chi connectivity index (χ1) is 7.75. The van der Waals surface area contributed by atoms with Crippen molar-refractivity contribution in [1.82, 2.24) is 10.2 Å². The molecule has 0 aliphatic rings. The molecule has 0 saturated carbocycles. The van der Waals surface area contributed by atoms with Crippen LogP contribution in [-0.2, 0) is 0 Å². The first-order valence-electron chi connectivity index (χ1n) is 4.98. The zero-order valence-corrected chi connectivity index (χ0v) is 9.65. The van der Waals surface area contributed by atoms with E-state index in [4.69, 9.17) is 11.6 Å². The summed E-state index contributed by atoms with van der Waals surface area (Å²) in [4.78, 5) is 0. The highest BCUT2D eigenvalue weighted by Crippen LogP contribution is 2.15. The molecule has 0 N–H and O–H groups in total. The predicted octanol–water partition coefficient (Wildman–Crippen LogP) is 3.61. The van der Waals surface area contributed by atoms with Crippen LogP contribution in [0.4, 0.5) is 0 Å². The van der Waals surface area contributed by atoms with Crippen molar-refractivity contribution >= 4 is 23.8 Å². The number of aryl methyl sites for hydroxylation is 1. The molecular formula is C13H11ClN2. The lowest BCUT2D eigenvalue weighted by Crippen LogP contribution is -1.89. The van der Waals surface area contributed by atoms with Crippen molar-refractivity contribution in [3.63, 3.8) is 0 Å². The van der Waals surface area contributed by atoms with Gasteiger partial charge in [-0.15, -0.1) is 5.10 Å². The summed E-state index contributed by atoms with van der Waals surface area (Å²) in [6.45, 7) is 1.89. The first kappa shape index (κ1) is 10.8. The summed E-state index contributed by atoms with van der Waals surface area (Å²) >= 11 is 5.94. The Labute approximate surface area is 99.6 Å². The Morgan fingerprint density at radius 2 is 1.81 bits per heavy atom. The molecule has 16 heavy (non-hydrogen) atoms. The highest BCUT2D eigenvalue weighted by molar-refractivity contribution is 6.30. The van der Waals surface area contributed by atoms with Gasteiger partial charge in [0.15, 0.2) is 5.15 Å². The Balaban J connectivity index is 2.27. The highest BCUT2D eigenvalue weighted by atomic mass is 35.5. The second kappa shape index (κ2) is 4.90. The van der Waals surface area contributed by atoms with E-state index in [1.54, 1.807) is 0 Å². The summed E-state index contributed by atoms with van der Waals surface area (Å²) in [5.41, 5.74) is 2.88. The fourth-order valence-electron chi connectivity index (χ4n) is 1.36. The number of nitrogens with zero attached hydrogens (tertiary/aromatic N) is 2. The third-order valence-electron chi connectivity index (χ3n) is 2.15. The van der Waals surface area contributed by atoms with Crippen molar-refractivity contribution in [2.75, 3.05) is 0 Å². The number of benzene rings is 1. The molecule has 0 spiro atoms. The molecule has 0 unspecified atom stereocenters. The molecule has 1 heterocycles. The van der Waals surface area contributed by atoms with Gasteiger partial charge in [-0.25, -0.2) is 0 Å². The largest absolute Gasteiger partial charge is 0.158 e. The molecule has 0 fully saturated rings. The minimum Gasteiger partial charge on any atom is -0.154 e. The van der Waals surface area contributed by atoms with E-state index in [0.29, 0.717) is 5.15 Å². The molecule has 0 aliphatic heterocycles. The van der Waals surface area contributed by atoms with Crippen LogP contribution in [0.1, 0.15) is 16.8 Å². The van der Waals surface area contributed by atoms with Gasteiger partial charge in [0.2, 0.25) is 0 Å². The molecule has 1 aromatic carbocycles. The Morgan fingerprint density at radius 1 is 1.06 bits per heavy atom. The molecule has 2 nitrogen and oxygen atoms in total. The van der Waals surface area contributed by atoms with Crippen LogP contribution < -0.4 is 0 Å². The average Bonchev–Trinajstić information content (AvgIpc) is 2.32. The number of hydrogen-bond donors (Lipinski definition) is 0. The molecular weight excluding hydrogens is 220 g/mol. The van der Waals surface area contributed by atoms with Gasteiger partial charge in [-0.1, -0.05) is 54.1 Å². The third kappa shape index (κ3) is 2.67. The Morgan fingerprint density at radius 3 is 2.56 bits per heavy atom. The van der Waals surface area contributed by atoms with Crippen LogP contribution in [0, 0.1) is 6.92 Å². The summed E-state index contributed by atoms with van der Waals surface area (Å²) < 4.78 is 0. The maximum atomic E-state index is 5.94. The minimum atomic E-state index is 0.429. The van der Waals surface area contributed by atoms with E-state index in [9.17, 15) is 0 Å². The molecule has 2 aromatic rings. The van der Waals surface area contributed by atoms with Gasteiger partial charge in [-0.2, -0.15) is 5.10 Å². The number of rotatable bonds is 2. The predicted molar refractivity (Wildman–Crippen MR) is 67.1 cm³/mol. The average molecular weight is 231 g/mol. The van der Waals surface area contributed by atoms with Gasteiger partial charge < -0.3 is 0 Å². The van der Waals surface area contributed by atoms with Gasteiger partial charge in [0.1, 0.15) is 0 Å². The van der Waals surface area contributed by atoms with Crippen molar-refractivity contribution in [3.05, 3.63) is 58.4 Å². The molecule has 0 aliphatic carbocycles. The van der Waals surface area contributed by atoms with Gasteiger partial charge >= 0.3 is 0 Å². The lowest BCUT2D eigenvalue weighted by atomic mass is 10.1.